The van der Waals surface area contributed by atoms with Gasteiger partial charge in [-0.1, -0.05) is 25.4 Å². The van der Waals surface area contributed by atoms with Crippen molar-refractivity contribution in [3.63, 3.8) is 0 Å². The summed E-state index contributed by atoms with van der Waals surface area (Å²) in [5, 5.41) is 0.779. The minimum atomic E-state index is 0.407. The van der Waals surface area contributed by atoms with Crippen molar-refractivity contribution in [2.24, 2.45) is 0 Å². The van der Waals surface area contributed by atoms with Gasteiger partial charge in [0.1, 0.15) is 5.75 Å². The zero-order valence-electron chi connectivity index (χ0n) is 10.7. The third kappa shape index (κ3) is 4.08. The summed E-state index contributed by atoms with van der Waals surface area (Å²) in [4.78, 5) is 0. The van der Waals surface area contributed by atoms with Crippen molar-refractivity contribution in [3.05, 3.63) is 28.3 Å². The van der Waals surface area contributed by atoms with Crippen LogP contribution in [0.5, 0.6) is 5.75 Å². The van der Waals surface area contributed by atoms with Gasteiger partial charge in [0.15, 0.2) is 0 Å². The lowest BCUT2D eigenvalue weighted by Crippen LogP contribution is -2.03. The lowest BCUT2D eigenvalue weighted by Gasteiger charge is -2.18. The van der Waals surface area contributed by atoms with Crippen molar-refractivity contribution in [2.45, 2.75) is 39.5 Å². The average Bonchev–Trinajstić information content (AvgIpc) is 2.28. The molecular weight excluding hydrogens is 255 g/mol. The maximum absolute atomic E-state index is 6.16. The highest BCUT2D eigenvalue weighted by atomic mass is 35.5. The minimum Gasteiger partial charge on any atom is -0.493 e. The fourth-order valence-corrected chi connectivity index (χ4v) is 2.25. The molecule has 0 amide bonds. The molecule has 0 radical (unpaired) electrons. The topological polar surface area (TPSA) is 9.23 Å². The summed E-state index contributed by atoms with van der Waals surface area (Å²) in [5.41, 5.74) is 2.35. The molecule has 96 valence electrons. The van der Waals surface area contributed by atoms with Crippen LogP contribution >= 0.6 is 23.2 Å². The fraction of sp³-hybridized carbons (Fsp3) is 0.571. The maximum atomic E-state index is 6.16. The monoisotopic (exact) mass is 274 g/mol. The number of hydrogen-bond donors (Lipinski definition) is 0. The van der Waals surface area contributed by atoms with E-state index in [1.165, 1.54) is 11.1 Å². The molecule has 17 heavy (non-hydrogen) atoms. The van der Waals surface area contributed by atoms with E-state index >= 15 is 0 Å². The van der Waals surface area contributed by atoms with Crippen LogP contribution < -0.4 is 4.74 Å². The standard InChI is InChI=1S/C14H20Cl2O/c1-4-17-14-11(6-5-7-15)8-12(16)9-13(14)10(2)3/h8-10H,4-7H2,1-3H3. The lowest BCUT2D eigenvalue weighted by atomic mass is 9.97. The molecule has 0 bridgehead atoms. The zero-order valence-corrected chi connectivity index (χ0v) is 12.2. The van der Waals surface area contributed by atoms with Crippen molar-refractivity contribution in [2.75, 3.05) is 12.5 Å². The molecule has 0 atom stereocenters. The molecule has 0 heterocycles. The Bertz CT molecular complexity index is 361. The van der Waals surface area contributed by atoms with E-state index in [4.69, 9.17) is 27.9 Å². The van der Waals surface area contributed by atoms with Gasteiger partial charge in [-0.15, -0.1) is 11.6 Å². The number of rotatable bonds is 6. The van der Waals surface area contributed by atoms with Gasteiger partial charge < -0.3 is 4.74 Å². The summed E-state index contributed by atoms with van der Waals surface area (Å²) in [5.74, 6) is 2.07. The van der Waals surface area contributed by atoms with Crippen LogP contribution in [0.4, 0.5) is 0 Å². The van der Waals surface area contributed by atoms with Crippen molar-refractivity contribution >= 4 is 23.2 Å². The molecule has 0 saturated heterocycles. The quantitative estimate of drug-likeness (QED) is 0.661. The Morgan fingerprint density at radius 2 is 2.00 bits per heavy atom. The molecule has 1 rings (SSSR count). The number of alkyl halides is 1. The van der Waals surface area contributed by atoms with Crippen molar-refractivity contribution in [3.8, 4) is 5.75 Å². The van der Waals surface area contributed by atoms with Gasteiger partial charge in [0.2, 0.25) is 0 Å². The summed E-state index contributed by atoms with van der Waals surface area (Å²) >= 11 is 11.9. The third-order valence-electron chi connectivity index (χ3n) is 2.65. The predicted molar refractivity (Wildman–Crippen MR) is 75.8 cm³/mol. The van der Waals surface area contributed by atoms with E-state index in [2.05, 4.69) is 13.8 Å². The summed E-state index contributed by atoms with van der Waals surface area (Å²) in [6, 6.07) is 3.99. The summed E-state index contributed by atoms with van der Waals surface area (Å²) in [6.45, 7) is 6.98. The second-order valence-corrected chi connectivity index (χ2v) is 5.18. The second-order valence-electron chi connectivity index (χ2n) is 4.36. The van der Waals surface area contributed by atoms with Gasteiger partial charge in [0.05, 0.1) is 6.61 Å². The molecule has 1 nitrogen and oxygen atoms in total. The van der Waals surface area contributed by atoms with Gasteiger partial charge in [0, 0.05) is 10.9 Å². The molecule has 0 aliphatic carbocycles. The van der Waals surface area contributed by atoms with E-state index in [0.29, 0.717) is 18.4 Å². The summed E-state index contributed by atoms with van der Waals surface area (Å²) in [7, 11) is 0. The number of aryl methyl sites for hydroxylation is 1. The third-order valence-corrected chi connectivity index (χ3v) is 3.14. The predicted octanol–water partition coefficient (Wildman–Crippen LogP) is 5.03. The molecule has 0 aliphatic heterocycles. The Balaban J connectivity index is 3.14. The molecule has 0 aromatic heterocycles. The highest BCUT2D eigenvalue weighted by molar-refractivity contribution is 6.30. The molecule has 3 heteroatoms. The van der Waals surface area contributed by atoms with Crippen LogP contribution in [0.15, 0.2) is 12.1 Å². The molecule has 0 saturated carbocycles. The molecule has 1 aromatic rings. The average molecular weight is 275 g/mol. The SMILES string of the molecule is CCOc1c(CCCCl)cc(Cl)cc1C(C)C. The Hall–Kier alpha value is -0.400. The zero-order chi connectivity index (χ0) is 12.8. The van der Waals surface area contributed by atoms with Crippen LogP contribution in [-0.4, -0.2) is 12.5 Å². The largest absolute Gasteiger partial charge is 0.493 e. The number of ether oxygens (including phenoxy) is 1. The Kier molecular flexibility index (Phi) is 6.15. The van der Waals surface area contributed by atoms with Gasteiger partial charge in [0.25, 0.3) is 0 Å². The van der Waals surface area contributed by atoms with Crippen LogP contribution in [0.2, 0.25) is 5.02 Å². The highest BCUT2D eigenvalue weighted by Gasteiger charge is 2.14. The fourth-order valence-electron chi connectivity index (χ4n) is 1.87. The van der Waals surface area contributed by atoms with E-state index in [1.54, 1.807) is 0 Å². The highest BCUT2D eigenvalue weighted by Crippen LogP contribution is 2.34. The molecule has 0 fully saturated rings. The van der Waals surface area contributed by atoms with E-state index < -0.39 is 0 Å². The molecule has 0 spiro atoms. The van der Waals surface area contributed by atoms with E-state index in [0.717, 1.165) is 23.6 Å². The van der Waals surface area contributed by atoms with Crippen LogP contribution in [-0.2, 0) is 6.42 Å². The molecule has 0 N–H and O–H groups in total. The first-order valence-electron chi connectivity index (χ1n) is 6.11. The van der Waals surface area contributed by atoms with Crippen molar-refractivity contribution in [1.82, 2.24) is 0 Å². The van der Waals surface area contributed by atoms with Crippen LogP contribution in [0, 0.1) is 0 Å². The molecule has 1 aromatic carbocycles. The Morgan fingerprint density at radius 3 is 2.53 bits per heavy atom. The van der Waals surface area contributed by atoms with Gasteiger partial charge >= 0.3 is 0 Å². The lowest BCUT2D eigenvalue weighted by molar-refractivity contribution is 0.331. The van der Waals surface area contributed by atoms with Crippen molar-refractivity contribution < 1.29 is 4.74 Å². The van der Waals surface area contributed by atoms with Crippen LogP contribution in [0.3, 0.4) is 0 Å². The van der Waals surface area contributed by atoms with Crippen LogP contribution in [0.25, 0.3) is 0 Å². The van der Waals surface area contributed by atoms with Gasteiger partial charge in [-0.05, 0) is 48.9 Å². The maximum Gasteiger partial charge on any atom is 0.126 e. The number of hydrogen-bond acceptors (Lipinski definition) is 1. The van der Waals surface area contributed by atoms with Crippen LogP contribution in [0.1, 0.15) is 44.2 Å². The summed E-state index contributed by atoms with van der Waals surface area (Å²) < 4.78 is 5.78. The smallest absolute Gasteiger partial charge is 0.126 e. The van der Waals surface area contributed by atoms with Gasteiger partial charge in [-0.2, -0.15) is 0 Å². The van der Waals surface area contributed by atoms with E-state index in [9.17, 15) is 0 Å². The first kappa shape index (κ1) is 14.7. The Labute approximate surface area is 114 Å². The first-order valence-corrected chi connectivity index (χ1v) is 7.02. The number of halogens is 2. The molecule has 0 aliphatic rings. The number of benzene rings is 1. The van der Waals surface area contributed by atoms with E-state index in [-0.39, 0.29) is 0 Å². The van der Waals surface area contributed by atoms with E-state index in [1.807, 2.05) is 19.1 Å². The second kappa shape index (κ2) is 7.13. The van der Waals surface area contributed by atoms with Crippen molar-refractivity contribution in [1.29, 1.82) is 0 Å². The molecule has 0 unspecified atom stereocenters. The Morgan fingerprint density at radius 1 is 1.29 bits per heavy atom. The summed E-state index contributed by atoms with van der Waals surface area (Å²) in [6.07, 6.45) is 1.86. The normalized spacial score (nSPS) is 10.9. The minimum absolute atomic E-state index is 0.407. The first-order chi connectivity index (χ1) is 8.10. The van der Waals surface area contributed by atoms with Gasteiger partial charge in [-0.25, -0.2) is 0 Å². The van der Waals surface area contributed by atoms with Gasteiger partial charge in [-0.3, -0.25) is 0 Å². The molecular formula is C14H20Cl2O.